The summed E-state index contributed by atoms with van der Waals surface area (Å²) < 4.78 is 40.6. The normalized spacial score (nSPS) is 11.6. The zero-order valence-electron chi connectivity index (χ0n) is 30.1. The molecule has 0 aliphatic rings. The molecule has 3 nitrogen and oxygen atoms in total. The Morgan fingerprint density at radius 3 is 1.16 bits per heavy atom. The van der Waals surface area contributed by atoms with Gasteiger partial charge in [-0.1, -0.05) is 69.5 Å². The average molecular weight is 668 g/mol. The molecule has 0 aliphatic carbocycles. The molecule has 0 fully saturated rings. The summed E-state index contributed by atoms with van der Waals surface area (Å²) in [4.78, 5) is 12.8. The van der Waals surface area contributed by atoms with E-state index in [9.17, 15) is 13.2 Å². The first kappa shape index (κ1) is 34.8. The summed E-state index contributed by atoms with van der Waals surface area (Å²) in [5, 5.41) is 0. The first-order chi connectivity index (χ1) is 23.7. The molecule has 0 amide bonds. The van der Waals surface area contributed by atoms with Crippen molar-refractivity contribution in [3.05, 3.63) is 141 Å². The van der Waals surface area contributed by atoms with Crippen LogP contribution in [0.2, 0.25) is 0 Å². The van der Waals surface area contributed by atoms with Crippen molar-refractivity contribution in [2.24, 2.45) is 0 Å². The van der Waals surface area contributed by atoms with Crippen molar-refractivity contribution < 1.29 is 13.2 Å². The number of nitrogens with zero attached hydrogens (tertiary/aromatic N) is 3. The van der Waals surface area contributed by atoms with E-state index in [-0.39, 0.29) is 6.71 Å². The van der Waals surface area contributed by atoms with E-state index in [0.29, 0.717) is 5.56 Å². The third kappa shape index (κ3) is 6.14. The second-order valence-electron chi connectivity index (χ2n) is 13.6. The number of alkyl halides is 3. The minimum Gasteiger partial charge on any atom is -0.264 e. The van der Waals surface area contributed by atoms with Crippen molar-refractivity contribution in [1.82, 2.24) is 15.0 Å². The Labute approximate surface area is 293 Å². The third-order valence-corrected chi connectivity index (χ3v) is 10.2. The molecule has 0 aliphatic heterocycles. The first-order valence-corrected chi connectivity index (χ1v) is 16.9. The number of hydrogen-bond donors (Lipinski definition) is 0. The van der Waals surface area contributed by atoms with Gasteiger partial charge in [-0.15, -0.1) is 0 Å². The Hall–Kier alpha value is -5.04. The molecule has 6 rings (SSSR count). The largest absolute Gasteiger partial charge is 0.433 e. The summed E-state index contributed by atoms with van der Waals surface area (Å²) in [6.45, 7) is 19.2. The van der Waals surface area contributed by atoms with Crippen LogP contribution in [0, 0.1) is 62.3 Å². The van der Waals surface area contributed by atoms with E-state index in [2.05, 4.69) is 101 Å². The Morgan fingerprint density at radius 1 is 0.480 bits per heavy atom. The van der Waals surface area contributed by atoms with Gasteiger partial charge in [0.25, 0.3) is 0 Å². The van der Waals surface area contributed by atoms with Crippen LogP contribution >= 0.6 is 0 Å². The van der Waals surface area contributed by atoms with Gasteiger partial charge in [0.15, 0.2) is 0 Å². The molecular formula is C43H41BF3N3. The molecule has 252 valence electrons. The molecule has 0 N–H and O–H groups in total. The molecule has 0 saturated heterocycles. The summed E-state index contributed by atoms with van der Waals surface area (Å²) >= 11 is 0. The molecule has 3 aromatic carbocycles. The fourth-order valence-electron chi connectivity index (χ4n) is 8.43. The molecule has 6 aromatic rings. The predicted octanol–water partition coefficient (Wildman–Crippen LogP) is 9.18. The minimum absolute atomic E-state index is 0.191. The van der Waals surface area contributed by atoms with Crippen LogP contribution in [0.4, 0.5) is 13.2 Å². The van der Waals surface area contributed by atoms with Crippen molar-refractivity contribution in [3.8, 4) is 33.4 Å². The van der Waals surface area contributed by atoms with E-state index in [0.717, 1.165) is 56.0 Å². The standard InChI is InChI=1S/C43H41BF3N3/c1-24-18-27(4)40(30(7)37(24)33-12-10-16-48-21-33)44(41-28(5)19-25(2)38(31(41)8)34-13-11-17-49-22-34)42-29(6)20-26(3)39(32(42)9)35-14-15-36(50-23-35)43(45,46)47/h10-23H,1-9H3. The Bertz CT molecular complexity index is 2130. The number of aryl methyl sites for hydroxylation is 6. The van der Waals surface area contributed by atoms with Crippen LogP contribution in [0.1, 0.15) is 55.8 Å². The van der Waals surface area contributed by atoms with Gasteiger partial charge in [-0.3, -0.25) is 15.0 Å². The summed E-state index contributed by atoms with van der Waals surface area (Å²) in [7, 11) is 0. The highest BCUT2D eigenvalue weighted by atomic mass is 19.4. The molecule has 3 aromatic heterocycles. The van der Waals surface area contributed by atoms with Crippen LogP contribution in [-0.2, 0) is 6.18 Å². The molecule has 3 heterocycles. The van der Waals surface area contributed by atoms with E-state index in [1.54, 1.807) is 18.5 Å². The number of pyridine rings is 3. The Kier molecular flexibility index (Phi) is 9.30. The summed E-state index contributed by atoms with van der Waals surface area (Å²) in [5.41, 5.74) is 18.9. The highest BCUT2D eigenvalue weighted by Crippen LogP contribution is 2.34. The highest BCUT2D eigenvalue weighted by Gasteiger charge is 2.35. The quantitative estimate of drug-likeness (QED) is 0.166. The van der Waals surface area contributed by atoms with Crippen LogP contribution in [0.15, 0.2) is 85.6 Å². The van der Waals surface area contributed by atoms with Crippen LogP contribution in [0.3, 0.4) is 0 Å². The lowest BCUT2D eigenvalue weighted by molar-refractivity contribution is -0.141. The van der Waals surface area contributed by atoms with Crippen LogP contribution in [0.5, 0.6) is 0 Å². The molecule has 50 heavy (non-hydrogen) atoms. The van der Waals surface area contributed by atoms with Crippen molar-refractivity contribution in [2.75, 3.05) is 0 Å². The maximum atomic E-state index is 13.5. The van der Waals surface area contributed by atoms with Crippen molar-refractivity contribution in [3.63, 3.8) is 0 Å². The van der Waals surface area contributed by atoms with Gasteiger partial charge < -0.3 is 0 Å². The van der Waals surface area contributed by atoms with Crippen LogP contribution in [-0.4, -0.2) is 21.7 Å². The smallest absolute Gasteiger partial charge is 0.264 e. The monoisotopic (exact) mass is 667 g/mol. The van der Waals surface area contributed by atoms with E-state index < -0.39 is 11.9 Å². The van der Waals surface area contributed by atoms with Gasteiger partial charge in [-0.2, -0.15) is 13.2 Å². The second kappa shape index (κ2) is 13.4. The predicted molar refractivity (Wildman–Crippen MR) is 201 cm³/mol. The van der Waals surface area contributed by atoms with Crippen LogP contribution < -0.4 is 16.4 Å². The SMILES string of the molecule is Cc1cc(C)c(-c2cccnc2)c(C)c1B(c1c(C)cc(C)c(-c2cccnc2)c1C)c1c(C)cc(C)c(-c2ccc(C(F)(F)F)nc2)c1C. The molecule has 0 saturated carbocycles. The van der Waals surface area contributed by atoms with Gasteiger partial charge in [-0.05, 0) is 131 Å². The summed E-state index contributed by atoms with van der Waals surface area (Å²) in [6, 6.07) is 17.5. The van der Waals surface area contributed by atoms with Gasteiger partial charge >= 0.3 is 6.18 Å². The molecule has 7 heteroatoms. The van der Waals surface area contributed by atoms with Crippen molar-refractivity contribution in [2.45, 2.75) is 68.5 Å². The number of benzene rings is 3. The van der Waals surface area contributed by atoms with Crippen LogP contribution in [0.25, 0.3) is 33.4 Å². The number of rotatable bonds is 6. The molecular weight excluding hydrogens is 626 g/mol. The third-order valence-electron chi connectivity index (χ3n) is 10.2. The maximum Gasteiger partial charge on any atom is 0.433 e. The summed E-state index contributed by atoms with van der Waals surface area (Å²) in [6.07, 6.45) is 4.28. The lowest BCUT2D eigenvalue weighted by Crippen LogP contribution is -2.58. The molecule has 0 radical (unpaired) electrons. The maximum absolute atomic E-state index is 13.5. The van der Waals surface area contributed by atoms with Gasteiger partial charge in [0.05, 0.1) is 0 Å². The molecule has 0 spiro atoms. The zero-order chi connectivity index (χ0) is 36.1. The zero-order valence-corrected chi connectivity index (χ0v) is 30.1. The van der Waals surface area contributed by atoms with E-state index >= 15 is 0 Å². The van der Waals surface area contributed by atoms with Gasteiger partial charge in [-0.25, -0.2) is 0 Å². The first-order valence-electron chi connectivity index (χ1n) is 16.9. The van der Waals surface area contributed by atoms with Crippen molar-refractivity contribution >= 4 is 23.1 Å². The fraction of sp³-hybridized carbons (Fsp3) is 0.233. The molecule has 0 unspecified atom stereocenters. The van der Waals surface area contributed by atoms with E-state index in [1.165, 1.54) is 50.5 Å². The van der Waals surface area contributed by atoms with Gasteiger partial charge in [0.2, 0.25) is 6.71 Å². The van der Waals surface area contributed by atoms with E-state index in [1.807, 2.05) is 31.5 Å². The number of aromatic nitrogens is 3. The van der Waals surface area contributed by atoms with Crippen molar-refractivity contribution in [1.29, 1.82) is 0 Å². The fourth-order valence-corrected chi connectivity index (χ4v) is 8.43. The van der Waals surface area contributed by atoms with Gasteiger partial charge in [0, 0.05) is 47.7 Å². The van der Waals surface area contributed by atoms with Gasteiger partial charge in [0.1, 0.15) is 5.69 Å². The summed E-state index contributed by atoms with van der Waals surface area (Å²) in [5.74, 6) is 0. The molecule has 0 bridgehead atoms. The lowest BCUT2D eigenvalue weighted by atomic mass is 9.32. The second-order valence-corrected chi connectivity index (χ2v) is 13.6. The number of hydrogen-bond acceptors (Lipinski definition) is 3. The lowest BCUT2D eigenvalue weighted by Gasteiger charge is -2.31. The highest BCUT2D eigenvalue weighted by molar-refractivity contribution is 6.97. The average Bonchev–Trinajstić information content (AvgIpc) is 3.05. The minimum atomic E-state index is -4.51. The molecule has 0 atom stereocenters. The van der Waals surface area contributed by atoms with E-state index in [4.69, 9.17) is 0 Å². The topological polar surface area (TPSA) is 38.7 Å². The Balaban J connectivity index is 1.74. The number of halogens is 3. The Morgan fingerprint density at radius 2 is 0.860 bits per heavy atom.